The van der Waals surface area contributed by atoms with Crippen molar-refractivity contribution in [2.24, 2.45) is 0 Å². The summed E-state index contributed by atoms with van der Waals surface area (Å²) in [5.74, 6) is -0.0882. The van der Waals surface area contributed by atoms with E-state index in [0.29, 0.717) is 5.65 Å². The molecule has 0 saturated carbocycles. The fourth-order valence-corrected chi connectivity index (χ4v) is 2.67. The van der Waals surface area contributed by atoms with Crippen LogP contribution in [0.25, 0.3) is 5.65 Å². The van der Waals surface area contributed by atoms with E-state index in [1.165, 1.54) is 6.20 Å². The lowest BCUT2D eigenvalue weighted by atomic mass is 10.0. The monoisotopic (exact) mass is 310 g/mol. The van der Waals surface area contributed by atoms with Gasteiger partial charge >= 0.3 is 5.97 Å². The number of hydrogen-bond donors (Lipinski definition) is 1. The van der Waals surface area contributed by atoms with Gasteiger partial charge in [-0.25, -0.2) is 9.78 Å². The molecule has 23 heavy (non-hydrogen) atoms. The number of rotatable bonds is 5. The summed E-state index contributed by atoms with van der Waals surface area (Å²) in [5, 5.41) is 9.19. The highest BCUT2D eigenvalue weighted by molar-refractivity contribution is 5.86. The fourth-order valence-electron chi connectivity index (χ4n) is 2.67. The molecule has 0 fully saturated rings. The molecule has 2 aromatic heterocycles. The molecule has 1 aromatic carbocycles. The first kappa shape index (κ1) is 15.1. The zero-order chi connectivity index (χ0) is 16.4. The molecule has 0 aliphatic carbocycles. The van der Waals surface area contributed by atoms with E-state index in [9.17, 15) is 9.90 Å². The molecule has 0 spiro atoms. The van der Waals surface area contributed by atoms with Crippen molar-refractivity contribution in [3.05, 3.63) is 65.1 Å². The van der Waals surface area contributed by atoms with E-state index < -0.39 is 5.97 Å². The van der Waals surface area contributed by atoms with Gasteiger partial charge in [0.25, 0.3) is 0 Å². The van der Waals surface area contributed by atoms with Crippen LogP contribution in [0.1, 0.15) is 27.2 Å². The van der Waals surface area contributed by atoms with Gasteiger partial charge in [0.2, 0.25) is 0 Å². The van der Waals surface area contributed by atoms with E-state index in [0.717, 1.165) is 35.3 Å². The Kier molecular flexibility index (Phi) is 4.02. The maximum absolute atomic E-state index is 11.2. The molecular weight excluding hydrogens is 292 g/mol. The standard InChI is InChI=1S/C18H18N2O3/c1-12-3-6-14(16(9-12)23-2)7-4-13-5-8-17-19-10-15(18(21)22)20(17)11-13/h3,5-6,8-11H,4,7H2,1-2H3,(H,21,22). The largest absolute Gasteiger partial charge is 0.496 e. The number of carboxylic acids is 1. The highest BCUT2D eigenvalue weighted by Crippen LogP contribution is 2.22. The Morgan fingerprint density at radius 2 is 2.09 bits per heavy atom. The van der Waals surface area contributed by atoms with Crippen molar-refractivity contribution < 1.29 is 14.6 Å². The summed E-state index contributed by atoms with van der Waals surface area (Å²) in [6.45, 7) is 2.03. The summed E-state index contributed by atoms with van der Waals surface area (Å²) in [6, 6.07) is 9.99. The molecule has 5 nitrogen and oxygen atoms in total. The van der Waals surface area contributed by atoms with Crippen molar-refractivity contribution in [1.82, 2.24) is 9.38 Å². The number of benzene rings is 1. The minimum Gasteiger partial charge on any atom is -0.496 e. The molecule has 1 N–H and O–H groups in total. The van der Waals surface area contributed by atoms with Gasteiger partial charge < -0.3 is 9.84 Å². The van der Waals surface area contributed by atoms with Crippen LogP contribution < -0.4 is 4.74 Å². The number of carbonyl (C=O) groups is 1. The SMILES string of the molecule is COc1cc(C)ccc1CCc1ccc2ncc(C(=O)O)n2c1. The molecule has 0 bridgehead atoms. The van der Waals surface area contributed by atoms with E-state index in [1.54, 1.807) is 11.5 Å². The summed E-state index contributed by atoms with van der Waals surface area (Å²) in [6.07, 6.45) is 4.84. The fraction of sp³-hybridized carbons (Fsp3) is 0.222. The number of fused-ring (bicyclic) bond motifs is 1. The number of imidazole rings is 1. The second kappa shape index (κ2) is 6.12. The third kappa shape index (κ3) is 3.04. The number of aromatic nitrogens is 2. The first-order valence-electron chi connectivity index (χ1n) is 7.41. The van der Waals surface area contributed by atoms with Crippen molar-refractivity contribution in [2.45, 2.75) is 19.8 Å². The zero-order valence-corrected chi connectivity index (χ0v) is 13.1. The average molecular weight is 310 g/mol. The van der Waals surface area contributed by atoms with Gasteiger partial charge in [0.15, 0.2) is 5.69 Å². The third-order valence-corrected chi connectivity index (χ3v) is 3.91. The molecule has 0 amide bonds. The maximum atomic E-state index is 11.2. The van der Waals surface area contributed by atoms with Crippen LogP contribution in [-0.2, 0) is 12.8 Å². The minimum atomic E-state index is -0.977. The number of methoxy groups -OCH3 is 1. The molecule has 0 radical (unpaired) electrons. The van der Waals surface area contributed by atoms with E-state index in [2.05, 4.69) is 17.1 Å². The number of pyridine rings is 1. The van der Waals surface area contributed by atoms with Crippen LogP contribution in [0.15, 0.2) is 42.7 Å². The Morgan fingerprint density at radius 3 is 2.83 bits per heavy atom. The first-order chi connectivity index (χ1) is 11.1. The Bertz CT molecular complexity index is 868. The van der Waals surface area contributed by atoms with E-state index in [4.69, 9.17) is 4.74 Å². The Balaban J connectivity index is 1.84. The Morgan fingerprint density at radius 1 is 1.26 bits per heavy atom. The van der Waals surface area contributed by atoms with Crippen molar-refractivity contribution in [1.29, 1.82) is 0 Å². The van der Waals surface area contributed by atoms with Crippen LogP contribution in [0, 0.1) is 6.92 Å². The minimum absolute atomic E-state index is 0.176. The molecular formula is C18H18N2O3. The van der Waals surface area contributed by atoms with Crippen LogP contribution in [0.2, 0.25) is 0 Å². The summed E-state index contributed by atoms with van der Waals surface area (Å²) in [7, 11) is 1.68. The molecule has 3 aromatic rings. The van der Waals surface area contributed by atoms with E-state index in [1.807, 2.05) is 31.3 Å². The molecule has 0 unspecified atom stereocenters. The van der Waals surface area contributed by atoms with Gasteiger partial charge in [0.05, 0.1) is 13.3 Å². The van der Waals surface area contributed by atoms with Gasteiger partial charge in [0.1, 0.15) is 11.4 Å². The Hall–Kier alpha value is -2.82. The lowest BCUT2D eigenvalue weighted by molar-refractivity contribution is 0.0689. The number of ether oxygens (including phenoxy) is 1. The summed E-state index contributed by atoms with van der Waals surface area (Å²) < 4.78 is 7.05. The molecule has 0 aliphatic rings. The highest BCUT2D eigenvalue weighted by Gasteiger charge is 2.11. The lowest BCUT2D eigenvalue weighted by Crippen LogP contribution is -2.03. The molecule has 0 atom stereocenters. The van der Waals surface area contributed by atoms with Crippen LogP contribution in [0.3, 0.4) is 0 Å². The topological polar surface area (TPSA) is 63.8 Å². The van der Waals surface area contributed by atoms with Gasteiger partial charge in [-0.1, -0.05) is 18.2 Å². The van der Waals surface area contributed by atoms with Crippen molar-refractivity contribution in [2.75, 3.05) is 7.11 Å². The number of carboxylic acid groups (broad SMARTS) is 1. The van der Waals surface area contributed by atoms with Gasteiger partial charge in [-0.3, -0.25) is 4.40 Å². The maximum Gasteiger partial charge on any atom is 0.354 e. The highest BCUT2D eigenvalue weighted by atomic mass is 16.5. The molecule has 0 saturated heterocycles. The molecule has 3 rings (SSSR count). The summed E-state index contributed by atoms with van der Waals surface area (Å²) in [4.78, 5) is 15.3. The van der Waals surface area contributed by atoms with Crippen LogP contribution >= 0.6 is 0 Å². The second-order valence-electron chi connectivity index (χ2n) is 5.53. The normalized spacial score (nSPS) is 10.9. The van der Waals surface area contributed by atoms with Crippen molar-refractivity contribution in [3.8, 4) is 5.75 Å². The zero-order valence-electron chi connectivity index (χ0n) is 13.1. The number of hydrogen-bond acceptors (Lipinski definition) is 3. The number of aryl methyl sites for hydroxylation is 3. The number of aromatic carboxylic acids is 1. The number of nitrogens with zero attached hydrogens (tertiary/aromatic N) is 2. The molecule has 5 heteroatoms. The average Bonchev–Trinajstić information content (AvgIpc) is 2.96. The van der Waals surface area contributed by atoms with E-state index >= 15 is 0 Å². The van der Waals surface area contributed by atoms with Crippen LogP contribution in [-0.4, -0.2) is 27.6 Å². The Labute approximate surface area is 134 Å². The van der Waals surface area contributed by atoms with E-state index in [-0.39, 0.29) is 5.69 Å². The lowest BCUT2D eigenvalue weighted by Gasteiger charge is -2.10. The van der Waals surface area contributed by atoms with Gasteiger partial charge in [-0.2, -0.15) is 0 Å². The third-order valence-electron chi connectivity index (χ3n) is 3.91. The van der Waals surface area contributed by atoms with Crippen molar-refractivity contribution >= 4 is 11.6 Å². The predicted molar refractivity (Wildman–Crippen MR) is 87.3 cm³/mol. The molecule has 2 heterocycles. The van der Waals surface area contributed by atoms with Crippen LogP contribution in [0.5, 0.6) is 5.75 Å². The predicted octanol–water partition coefficient (Wildman–Crippen LogP) is 3.13. The summed E-state index contributed by atoms with van der Waals surface area (Å²) >= 11 is 0. The first-order valence-corrected chi connectivity index (χ1v) is 7.41. The second-order valence-corrected chi connectivity index (χ2v) is 5.53. The molecule has 0 aliphatic heterocycles. The van der Waals surface area contributed by atoms with Crippen molar-refractivity contribution in [3.63, 3.8) is 0 Å². The summed E-state index contributed by atoms with van der Waals surface area (Å²) in [5.41, 5.74) is 4.17. The van der Waals surface area contributed by atoms with Gasteiger partial charge in [-0.05, 0) is 48.6 Å². The quantitative estimate of drug-likeness (QED) is 0.786. The van der Waals surface area contributed by atoms with Gasteiger partial charge in [0, 0.05) is 6.20 Å². The smallest absolute Gasteiger partial charge is 0.354 e. The van der Waals surface area contributed by atoms with Crippen LogP contribution in [0.4, 0.5) is 0 Å². The molecule has 118 valence electrons. The van der Waals surface area contributed by atoms with Gasteiger partial charge in [-0.15, -0.1) is 0 Å².